The van der Waals surface area contributed by atoms with Gasteiger partial charge in [-0.2, -0.15) is 0 Å². The van der Waals surface area contributed by atoms with Gasteiger partial charge in [-0.3, -0.25) is 0 Å². The van der Waals surface area contributed by atoms with Crippen LogP contribution in [0.3, 0.4) is 0 Å². The number of aromatic amines is 1. The highest BCUT2D eigenvalue weighted by Crippen LogP contribution is 2.26. The average Bonchev–Trinajstić information content (AvgIpc) is 2.76. The number of aromatic nitrogens is 3. The summed E-state index contributed by atoms with van der Waals surface area (Å²) < 4.78 is 0. The van der Waals surface area contributed by atoms with E-state index in [0.717, 1.165) is 35.9 Å². The molecule has 2 aromatic heterocycles. The smallest absolute Gasteiger partial charge is 0.142 e. The summed E-state index contributed by atoms with van der Waals surface area (Å²) in [6.07, 6.45) is 6.17. The van der Waals surface area contributed by atoms with Crippen molar-refractivity contribution in [2.24, 2.45) is 5.92 Å². The first-order valence-electron chi connectivity index (χ1n) is 5.87. The van der Waals surface area contributed by atoms with E-state index in [4.69, 9.17) is 0 Å². The molecular weight excluding hydrogens is 200 g/mol. The van der Waals surface area contributed by atoms with Gasteiger partial charge in [-0.05, 0) is 24.8 Å². The quantitative estimate of drug-likeness (QED) is 0.794. The van der Waals surface area contributed by atoms with Crippen LogP contribution in [0.4, 0.5) is 5.82 Å². The zero-order valence-electron chi connectivity index (χ0n) is 9.48. The number of nitrogens with zero attached hydrogens (tertiary/aromatic N) is 3. The lowest BCUT2D eigenvalue weighted by atomic mass is 10.0. The second kappa shape index (κ2) is 3.77. The maximum Gasteiger partial charge on any atom is 0.142 e. The third kappa shape index (κ3) is 1.54. The first kappa shape index (κ1) is 9.63. The number of rotatable bonds is 1. The molecule has 0 amide bonds. The minimum absolute atomic E-state index is 0.762. The predicted molar refractivity (Wildman–Crippen MR) is 64.5 cm³/mol. The summed E-state index contributed by atoms with van der Waals surface area (Å²) >= 11 is 0. The van der Waals surface area contributed by atoms with Gasteiger partial charge in [-0.1, -0.05) is 6.92 Å². The second-order valence-electron chi connectivity index (χ2n) is 4.63. The molecule has 3 rings (SSSR count). The van der Waals surface area contributed by atoms with Crippen LogP contribution in [0.25, 0.3) is 11.0 Å². The van der Waals surface area contributed by atoms with Gasteiger partial charge in [0.1, 0.15) is 17.8 Å². The predicted octanol–water partition coefficient (Wildman–Crippen LogP) is 2.19. The number of hydrogen-bond acceptors (Lipinski definition) is 3. The Balaban J connectivity index is 2.01. The molecule has 0 saturated carbocycles. The Morgan fingerprint density at radius 3 is 3.25 bits per heavy atom. The van der Waals surface area contributed by atoms with E-state index in [2.05, 4.69) is 32.8 Å². The molecule has 1 aliphatic rings. The first-order chi connectivity index (χ1) is 7.84. The van der Waals surface area contributed by atoms with E-state index >= 15 is 0 Å². The highest BCUT2D eigenvalue weighted by Gasteiger charge is 2.19. The van der Waals surface area contributed by atoms with Gasteiger partial charge >= 0.3 is 0 Å². The lowest BCUT2D eigenvalue weighted by molar-refractivity contribution is 0.445. The maximum absolute atomic E-state index is 4.43. The fourth-order valence-corrected chi connectivity index (χ4v) is 2.49. The van der Waals surface area contributed by atoms with E-state index < -0.39 is 0 Å². The molecule has 3 heterocycles. The Kier molecular flexibility index (Phi) is 2.27. The third-order valence-corrected chi connectivity index (χ3v) is 3.29. The summed E-state index contributed by atoms with van der Waals surface area (Å²) in [7, 11) is 0. The molecule has 0 radical (unpaired) electrons. The summed E-state index contributed by atoms with van der Waals surface area (Å²) in [6, 6.07) is 2.06. The zero-order chi connectivity index (χ0) is 11.0. The fraction of sp³-hybridized carbons (Fsp3) is 0.500. The van der Waals surface area contributed by atoms with Crippen LogP contribution >= 0.6 is 0 Å². The summed E-state index contributed by atoms with van der Waals surface area (Å²) in [5.41, 5.74) is 0.934. The van der Waals surface area contributed by atoms with Gasteiger partial charge in [0, 0.05) is 19.3 Å². The summed E-state index contributed by atoms with van der Waals surface area (Å²) in [5.74, 6) is 1.84. The summed E-state index contributed by atoms with van der Waals surface area (Å²) in [5, 5.41) is 1.14. The van der Waals surface area contributed by atoms with Crippen LogP contribution in [-0.4, -0.2) is 28.0 Å². The van der Waals surface area contributed by atoms with Gasteiger partial charge in [0.2, 0.25) is 0 Å². The third-order valence-electron chi connectivity index (χ3n) is 3.29. The minimum atomic E-state index is 0.762. The van der Waals surface area contributed by atoms with Crippen molar-refractivity contribution in [3.05, 3.63) is 18.6 Å². The van der Waals surface area contributed by atoms with Crippen LogP contribution in [0, 0.1) is 5.92 Å². The molecule has 0 spiro atoms. The normalized spacial score (nSPS) is 21.6. The number of anilines is 1. The van der Waals surface area contributed by atoms with Crippen LogP contribution in [0.2, 0.25) is 0 Å². The molecule has 0 unspecified atom stereocenters. The fourth-order valence-electron chi connectivity index (χ4n) is 2.49. The van der Waals surface area contributed by atoms with Crippen LogP contribution in [0.15, 0.2) is 18.6 Å². The van der Waals surface area contributed by atoms with Crippen molar-refractivity contribution in [2.45, 2.75) is 19.8 Å². The molecule has 0 bridgehead atoms. The SMILES string of the molecule is C[C@@H]1CCCN(c2ncnc3[nH]ccc23)C1. The standard InChI is InChI=1S/C12H16N4/c1-9-3-2-6-16(7-9)12-10-4-5-13-11(10)14-8-15-12/h4-5,8-9H,2-3,6-7H2,1H3,(H,13,14,15)/t9-/m1/s1. The second-order valence-corrected chi connectivity index (χ2v) is 4.63. The Morgan fingerprint density at radius 1 is 1.44 bits per heavy atom. The molecule has 1 atom stereocenters. The molecule has 0 aromatic carbocycles. The van der Waals surface area contributed by atoms with Crippen molar-refractivity contribution in [3.63, 3.8) is 0 Å². The number of H-pyrrole nitrogens is 1. The number of nitrogens with one attached hydrogen (secondary N) is 1. The van der Waals surface area contributed by atoms with Crippen molar-refractivity contribution in [1.82, 2.24) is 15.0 Å². The lowest BCUT2D eigenvalue weighted by Gasteiger charge is -2.32. The van der Waals surface area contributed by atoms with E-state index in [-0.39, 0.29) is 0 Å². The Morgan fingerprint density at radius 2 is 2.38 bits per heavy atom. The minimum Gasteiger partial charge on any atom is -0.356 e. The Bertz CT molecular complexity index is 490. The van der Waals surface area contributed by atoms with Crippen molar-refractivity contribution < 1.29 is 0 Å². The largest absolute Gasteiger partial charge is 0.356 e. The Hall–Kier alpha value is -1.58. The van der Waals surface area contributed by atoms with Gasteiger partial charge in [-0.25, -0.2) is 9.97 Å². The Labute approximate surface area is 94.7 Å². The molecule has 16 heavy (non-hydrogen) atoms. The molecule has 1 aliphatic heterocycles. The van der Waals surface area contributed by atoms with Crippen molar-refractivity contribution in [1.29, 1.82) is 0 Å². The number of piperidine rings is 1. The van der Waals surface area contributed by atoms with Crippen molar-refractivity contribution in [2.75, 3.05) is 18.0 Å². The van der Waals surface area contributed by atoms with Gasteiger partial charge < -0.3 is 9.88 Å². The van der Waals surface area contributed by atoms with Gasteiger partial charge in [-0.15, -0.1) is 0 Å². The lowest BCUT2D eigenvalue weighted by Crippen LogP contribution is -2.34. The molecule has 1 N–H and O–H groups in total. The van der Waals surface area contributed by atoms with E-state index in [1.165, 1.54) is 12.8 Å². The van der Waals surface area contributed by atoms with E-state index in [1.807, 2.05) is 6.20 Å². The molecule has 4 nitrogen and oxygen atoms in total. The molecular formula is C12H16N4. The van der Waals surface area contributed by atoms with Crippen LogP contribution in [0.5, 0.6) is 0 Å². The number of hydrogen-bond donors (Lipinski definition) is 1. The van der Waals surface area contributed by atoms with Gasteiger partial charge in [0.05, 0.1) is 5.39 Å². The average molecular weight is 216 g/mol. The van der Waals surface area contributed by atoms with E-state index in [1.54, 1.807) is 6.33 Å². The van der Waals surface area contributed by atoms with Gasteiger partial charge in [0.15, 0.2) is 0 Å². The number of fused-ring (bicyclic) bond motifs is 1. The molecule has 1 fully saturated rings. The molecule has 1 saturated heterocycles. The highest BCUT2D eigenvalue weighted by atomic mass is 15.2. The zero-order valence-corrected chi connectivity index (χ0v) is 9.48. The molecule has 4 heteroatoms. The van der Waals surface area contributed by atoms with Crippen LogP contribution in [0.1, 0.15) is 19.8 Å². The van der Waals surface area contributed by atoms with Crippen molar-refractivity contribution in [3.8, 4) is 0 Å². The molecule has 84 valence electrons. The topological polar surface area (TPSA) is 44.8 Å². The monoisotopic (exact) mass is 216 g/mol. The maximum atomic E-state index is 4.43. The van der Waals surface area contributed by atoms with Crippen LogP contribution < -0.4 is 4.90 Å². The highest BCUT2D eigenvalue weighted by molar-refractivity contribution is 5.87. The summed E-state index contributed by atoms with van der Waals surface area (Å²) in [4.78, 5) is 14.2. The summed E-state index contributed by atoms with van der Waals surface area (Å²) in [6.45, 7) is 4.53. The molecule has 0 aliphatic carbocycles. The first-order valence-corrected chi connectivity index (χ1v) is 5.87. The van der Waals surface area contributed by atoms with E-state index in [0.29, 0.717) is 0 Å². The van der Waals surface area contributed by atoms with E-state index in [9.17, 15) is 0 Å². The van der Waals surface area contributed by atoms with Crippen LogP contribution in [-0.2, 0) is 0 Å². The van der Waals surface area contributed by atoms with Gasteiger partial charge in [0.25, 0.3) is 0 Å². The molecule has 2 aromatic rings. The van der Waals surface area contributed by atoms with Crippen molar-refractivity contribution >= 4 is 16.9 Å².